The highest BCUT2D eigenvalue weighted by Crippen LogP contribution is 2.39. The lowest BCUT2D eigenvalue weighted by Crippen LogP contribution is -2.34. The number of likely N-dealkylation sites (tertiary alicyclic amines) is 1. The first kappa shape index (κ1) is 15.6. The van der Waals surface area contributed by atoms with E-state index in [1.807, 2.05) is 0 Å². The van der Waals surface area contributed by atoms with E-state index in [2.05, 4.69) is 50.7 Å². The summed E-state index contributed by atoms with van der Waals surface area (Å²) in [4.78, 5) is 2.60. The molecule has 1 aromatic heterocycles. The third-order valence-corrected chi connectivity index (χ3v) is 5.08. The molecule has 1 aliphatic heterocycles. The molecule has 1 atom stereocenters. The zero-order valence-electron chi connectivity index (χ0n) is 14.2. The number of aromatic nitrogens is 2. The lowest BCUT2D eigenvalue weighted by molar-refractivity contribution is 0.212. The van der Waals surface area contributed by atoms with Crippen LogP contribution in [0.4, 0.5) is 6.01 Å². The molecule has 1 saturated heterocycles. The van der Waals surface area contributed by atoms with Crippen LogP contribution >= 0.6 is 0 Å². The summed E-state index contributed by atoms with van der Waals surface area (Å²) >= 11 is 0. The Labute approximate surface area is 143 Å². The number of hydrogen-bond acceptors (Lipinski definition) is 5. The molecule has 2 aromatic rings. The van der Waals surface area contributed by atoms with E-state index in [4.69, 9.17) is 4.42 Å². The molecule has 0 spiro atoms. The Balaban J connectivity index is 1.46. The van der Waals surface area contributed by atoms with E-state index in [1.54, 1.807) is 0 Å². The van der Waals surface area contributed by atoms with Crippen LogP contribution in [-0.4, -0.2) is 34.7 Å². The Morgan fingerprint density at radius 2 is 1.79 bits per heavy atom. The van der Waals surface area contributed by atoms with Gasteiger partial charge in [0.15, 0.2) is 0 Å². The van der Waals surface area contributed by atoms with Crippen LogP contribution in [0.25, 0.3) is 0 Å². The first-order chi connectivity index (χ1) is 11.9. The summed E-state index contributed by atoms with van der Waals surface area (Å²) < 4.78 is 5.75. The maximum absolute atomic E-state index is 5.75. The fraction of sp³-hybridized carbons (Fsp3) is 0.579. The van der Waals surface area contributed by atoms with Crippen molar-refractivity contribution >= 4 is 6.01 Å². The zero-order chi connectivity index (χ0) is 16.2. The van der Waals surface area contributed by atoms with E-state index in [9.17, 15) is 0 Å². The highest BCUT2D eigenvalue weighted by atomic mass is 16.4. The third-order valence-electron chi connectivity index (χ3n) is 5.08. The van der Waals surface area contributed by atoms with E-state index < -0.39 is 0 Å². The molecule has 5 nitrogen and oxygen atoms in total. The molecule has 2 fully saturated rings. The van der Waals surface area contributed by atoms with E-state index in [0.717, 1.165) is 12.4 Å². The summed E-state index contributed by atoms with van der Waals surface area (Å²) in [6, 6.07) is 11.7. The number of nitrogens with one attached hydrogen (secondary N) is 1. The predicted octanol–water partition coefficient (Wildman–Crippen LogP) is 3.98. The Morgan fingerprint density at radius 3 is 2.50 bits per heavy atom. The number of hydrogen-bond donors (Lipinski definition) is 1. The van der Waals surface area contributed by atoms with Crippen molar-refractivity contribution in [3.63, 3.8) is 0 Å². The summed E-state index contributed by atoms with van der Waals surface area (Å²) in [5, 5.41) is 11.7. The minimum Gasteiger partial charge on any atom is -0.408 e. The first-order valence-corrected chi connectivity index (χ1v) is 9.26. The summed E-state index contributed by atoms with van der Waals surface area (Å²) in [7, 11) is 0. The summed E-state index contributed by atoms with van der Waals surface area (Å²) in [5.74, 6) is 1.30. The Morgan fingerprint density at radius 1 is 1.04 bits per heavy atom. The minimum atomic E-state index is 0.348. The minimum absolute atomic E-state index is 0.348. The quantitative estimate of drug-likeness (QED) is 0.870. The molecule has 4 rings (SSSR count). The van der Waals surface area contributed by atoms with E-state index in [-0.39, 0.29) is 0 Å². The van der Waals surface area contributed by atoms with E-state index in [1.165, 1.54) is 57.2 Å². The van der Waals surface area contributed by atoms with Crippen LogP contribution in [0.2, 0.25) is 0 Å². The van der Waals surface area contributed by atoms with Crippen molar-refractivity contribution in [2.45, 2.75) is 50.5 Å². The normalized spacial score (nSPS) is 20.5. The van der Waals surface area contributed by atoms with Crippen LogP contribution in [0, 0.1) is 0 Å². The topological polar surface area (TPSA) is 54.2 Å². The van der Waals surface area contributed by atoms with Gasteiger partial charge in [0, 0.05) is 12.5 Å². The van der Waals surface area contributed by atoms with Crippen LogP contribution in [0.15, 0.2) is 34.7 Å². The van der Waals surface area contributed by atoms with E-state index >= 15 is 0 Å². The average molecular weight is 326 g/mol. The van der Waals surface area contributed by atoms with Gasteiger partial charge < -0.3 is 9.73 Å². The van der Waals surface area contributed by atoms with Crippen LogP contribution in [-0.2, 0) is 0 Å². The summed E-state index contributed by atoms with van der Waals surface area (Å²) in [6.07, 6.45) is 7.63. The molecule has 0 amide bonds. The molecule has 2 aliphatic rings. The maximum atomic E-state index is 5.75. The Bertz CT molecular complexity index is 630. The SMILES string of the molecule is c1ccc(C(CNc2nnc(C3CC3)o2)N2CCCCCC2)cc1. The van der Waals surface area contributed by atoms with Crippen LogP contribution in [0.5, 0.6) is 0 Å². The van der Waals surface area contributed by atoms with Crippen molar-refractivity contribution in [3.8, 4) is 0 Å². The molecule has 1 aromatic carbocycles. The second kappa shape index (κ2) is 7.34. The monoisotopic (exact) mass is 326 g/mol. The van der Waals surface area contributed by atoms with Gasteiger partial charge in [-0.15, -0.1) is 5.10 Å². The molecule has 1 unspecified atom stereocenters. The van der Waals surface area contributed by atoms with Gasteiger partial charge in [0.2, 0.25) is 5.89 Å². The molecular weight excluding hydrogens is 300 g/mol. The van der Waals surface area contributed by atoms with Gasteiger partial charge >= 0.3 is 6.01 Å². The molecule has 1 aliphatic carbocycles. The van der Waals surface area contributed by atoms with Gasteiger partial charge in [-0.3, -0.25) is 4.90 Å². The summed E-state index contributed by atoms with van der Waals surface area (Å²) in [6.45, 7) is 3.13. The average Bonchev–Trinajstić information content (AvgIpc) is 3.41. The lowest BCUT2D eigenvalue weighted by Gasteiger charge is -2.31. The Hall–Kier alpha value is -1.88. The van der Waals surface area contributed by atoms with Gasteiger partial charge in [-0.2, -0.15) is 0 Å². The van der Waals surface area contributed by atoms with Gasteiger partial charge in [0.1, 0.15) is 0 Å². The highest BCUT2D eigenvalue weighted by Gasteiger charge is 2.29. The van der Waals surface area contributed by atoms with Crippen LogP contribution in [0.3, 0.4) is 0 Å². The van der Waals surface area contributed by atoms with E-state index in [0.29, 0.717) is 18.0 Å². The van der Waals surface area contributed by atoms with Crippen molar-refractivity contribution in [3.05, 3.63) is 41.8 Å². The zero-order valence-corrected chi connectivity index (χ0v) is 14.2. The van der Waals surface area contributed by atoms with Crippen molar-refractivity contribution in [2.75, 3.05) is 25.0 Å². The van der Waals surface area contributed by atoms with Gasteiger partial charge in [-0.05, 0) is 44.3 Å². The fourth-order valence-electron chi connectivity index (χ4n) is 3.53. The second-order valence-corrected chi connectivity index (χ2v) is 6.98. The maximum Gasteiger partial charge on any atom is 0.315 e. The number of nitrogens with zero attached hydrogens (tertiary/aromatic N) is 3. The fourth-order valence-corrected chi connectivity index (χ4v) is 3.53. The molecule has 2 heterocycles. The molecule has 5 heteroatoms. The lowest BCUT2D eigenvalue weighted by atomic mass is 10.0. The molecule has 1 saturated carbocycles. The predicted molar refractivity (Wildman–Crippen MR) is 94.0 cm³/mol. The van der Waals surface area contributed by atoms with Gasteiger partial charge in [-0.1, -0.05) is 48.3 Å². The third kappa shape index (κ3) is 3.78. The van der Waals surface area contributed by atoms with Crippen molar-refractivity contribution in [2.24, 2.45) is 0 Å². The molecule has 24 heavy (non-hydrogen) atoms. The van der Waals surface area contributed by atoms with Crippen LogP contribution < -0.4 is 5.32 Å². The first-order valence-electron chi connectivity index (χ1n) is 9.26. The standard InChI is InChI=1S/C19H26N4O/c1-2-7-13-23(12-6-1)17(15-8-4-3-5-9-15)14-20-19-22-21-18(24-19)16-10-11-16/h3-5,8-9,16-17H,1-2,6-7,10-14H2,(H,20,22). The largest absolute Gasteiger partial charge is 0.408 e. The highest BCUT2D eigenvalue weighted by molar-refractivity contribution is 5.25. The Kier molecular flexibility index (Phi) is 4.78. The van der Waals surface area contributed by atoms with Gasteiger partial charge in [0.05, 0.1) is 6.04 Å². The number of benzene rings is 1. The second-order valence-electron chi connectivity index (χ2n) is 6.98. The van der Waals surface area contributed by atoms with Crippen LogP contribution in [0.1, 0.15) is 61.9 Å². The van der Waals surface area contributed by atoms with Crippen molar-refractivity contribution in [1.29, 1.82) is 0 Å². The molecule has 0 bridgehead atoms. The van der Waals surface area contributed by atoms with Crippen molar-refractivity contribution in [1.82, 2.24) is 15.1 Å². The molecule has 0 radical (unpaired) electrons. The van der Waals surface area contributed by atoms with Gasteiger partial charge in [0.25, 0.3) is 0 Å². The number of rotatable bonds is 6. The molecular formula is C19H26N4O. The number of anilines is 1. The van der Waals surface area contributed by atoms with Crippen molar-refractivity contribution < 1.29 is 4.42 Å². The molecule has 1 N–H and O–H groups in total. The summed E-state index contributed by atoms with van der Waals surface area (Å²) in [5.41, 5.74) is 1.36. The molecule has 128 valence electrons. The smallest absolute Gasteiger partial charge is 0.315 e. The van der Waals surface area contributed by atoms with Gasteiger partial charge in [-0.25, -0.2) is 0 Å².